The molecule has 0 aliphatic carbocycles. The molecule has 0 fully saturated rings. The molecule has 0 aliphatic rings. The normalized spacial score (nSPS) is 11.0. The van der Waals surface area contributed by atoms with Gasteiger partial charge in [0.25, 0.3) is 5.56 Å². The highest BCUT2D eigenvalue weighted by molar-refractivity contribution is 5.80. The Labute approximate surface area is 157 Å². The second-order valence-corrected chi connectivity index (χ2v) is 6.68. The number of hydrogen-bond donors (Lipinski definition) is 1. The number of hydrogen-bond acceptors (Lipinski definition) is 3. The largest absolute Gasteiger partial charge is 0.326 e. The Morgan fingerprint density at radius 2 is 1.67 bits per heavy atom. The number of benzene rings is 3. The molecule has 0 saturated carbocycles. The molecule has 1 aromatic heterocycles. The van der Waals surface area contributed by atoms with Crippen molar-refractivity contribution in [2.24, 2.45) is 5.73 Å². The van der Waals surface area contributed by atoms with Crippen molar-refractivity contribution in [2.45, 2.75) is 20.0 Å². The lowest BCUT2D eigenvalue weighted by atomic mass is 10.1. The molecule has 0 radical (unpaired) electrons. The minimum absolute atomic E-state index is 0.0306. The van der Waals surface area contributed by atoms with Gasteiger partial charge in [-0.2, -0.15) is 0 Å². The van der Waals surface area contributed by atoms with Gasteiger partial charge >= 0.3 is 0 Å². The molecule has 4 nitrogen and oxygen atoms in total. The summed E-state index contributed by atoms with van der Waals surface area (Å²) < 4.78 is 1.76. The van der Waals surface area contributed by atoms with E-state index in [1.54, 1.807) is 4.57 Å². The van der Waals surface area contributed by atoms with Gasteiger partial charge in [-0.1, -0.05) is 60.7 Å². The molecule has 1 heterocycles. The van der Waals surface area contributed by atoms with Gasteiger partial charge in [-0.25, -0.2) is 4.98 Å². The van der Waals surface area contributed by atoms with Crippen LogP contribution in [-0.4, -0.2) is 9.55 Å². The maximum Gasteiger partial charge on any atom is 0.261 e. The monoisotopic (exact) mass is 355 g/mol. The maximum atomic E-state index is 13.3. The molecule has 4 heteroatoms. The van der Waals surface area contributed by atoms with Crippen LogP contribution in [0.3, 0.4) is 0 Å². The molecule has 134 valence electrons. The quantitative estimate of drug-likeness (QED) is 0.604. The molecule has 2 N–H and O–H groups in total. The topological polar surface area (TPSA) is 60.9 Å². The van der Waals surface area contributed by atoms with Crippen LogP contribution in [0.4, 0.5) is 0 Å². The number of fused-ring (bicyclic) bond motifs is 1. The predicted octanol–water partition coefficient (Wildman–Crippen LogP) is 3.88. The third-order valence-corrected chi connectivity index (χ3v) is 4.82. The second-order valence-electron chi connectivity index (χ2n) is 6.68. The van der Waals surface area contributed by atoms with E-state index >= 15 is 0 Å². The van der Waals surface area contributed by atoms with Crippen molar-refractivity contribution in [3.05, 3.63) is 99.8 Å². The molecular formula is C23H21N3O. The van der Waals surface area contributed by atoms with E-state index in [1.807, 2.05) is 79.7 Å². The van der Waals surface area contributed by atoms with E-state index in [2.05, 4.69) is 0 Å². The zero-order chi connectivity index (χ0) is 18.8. The molecule has 4 aromatic rings. The summed E-state index contributed by atoms with van der Waals surface area (Å²) in [5, 5.41) is 0.629. The lowest BCUT2D eigenvalue weighted by Crippen LogP contribution is -2.24. The molecule has 0 spiro atoms. The molecule has 0 aliphatic heterocycles. The molecule has 0 atom stereocenters. The lowest BCUT2D eigenvalue weighted by molar-refractivity contribution is 0.757. The van der Waals surface area contributed by atoms with Crippen molar-refractivity contribution in [1.29, 1.82) is 0 Å². The Hall–Kier alpha value is -3.24. The second kappa shape index (κ2) is 7.17. The number of aryl methyl sites for hydroxylation is 1. The lowest BCUT2D eigenvalue weighted by Gasteiger charge is -2.15. The van der Waals surface area contributed by atoms with Gasteiger partial charge in [0.2, 0.25) is 0 Å². The highest BCUT2D eigenvalue weighted by atomic mass is 16.1. The fraction of sp³-hybridized carbons (Fsp3) is 0.130. The van der Waals surface area contributed by atoms with Crippen molar-refractivity contribution in [3.8, 4) is 11.4 Å². The molecule has 0 amide bonds. The molecule has 27 heavy (non-hydrogen) atoms. The molecule has 0 unspecified atom stereocenters. The van der Waals surface area contributed by atoms with E-state index in [-0.39, 0.29) is 5.56 Å². The Morgan fingerprint density at radius 3 is 2.48 bits per heavy atom. The summed E-state index contributed by atoms with van der Waals surface area (Å²) in [4.78, 5) is 18.1. The van der Waals surface area contributed by atoms with Crippen molar-refractivity contribution in [1.82, 2.24) is 9.55 Å². The van der Waals surface area contributed by atoms with Crippen LogP contribution in [0.2, 0.25) is 0 Å². The van der Waals surface area contributed by atoms with Crippen LogP contribution in [0, 0.1) is 6.92 Å². The average Bonchev–Trinajstić information content (AvgIpc) is 2.71. The van der Waals surface area contributed by atoms with Gasteiger partial charge in [-0.15, -0.1) is 0 Å². The number of nitrogens with zero attached hydrogens (tertiary/aromatic N) is 2. The predicted molar refractivity (Wildman–Crippen MR) is 110 cm³/mol. The van der Waals surface area contributed by atoms with Gasteiger partial charge in [0.05, 0.1) is 17.4 Å². The van der Waals surface area contributed by atoms with Crippen LogP contribution in [0.5, 0.6) is 0 Å². The summed E-state index contributed by atoms with van der Waals surface area (Å²) in [5.41, 5.74) is 10.6. The Morgan fingerprint density at radius 1 is 0.926 bits per heavy atom. The van der Waals surface area contributed by atoms with E-state index < -0.39 is 0 Å². The van der Waals surface area contributed by atoms with Crippen molar-refractivity contribution in [3.63, 3.8) is 0 Å². The highest BCUT2D eigenvalue weighted by Crippen LogP contribution is 2.23. The first-order chi connectivity index (χ1) is 13.2. The summed E-state index contributed by atoms with van der Waals surface area (Å²) in [6.45, 7) is 2.97. The SMILES string of the molecule is Cc1ccccc1-c1nc2ccccc2c(=O)n1Cc1cccc(CN)c1. The van der Waals surface area contributed by atoms with Crippen LogP contribution in [0.1, 0.15) is 16.7 Å². The summed E-state index contributed by atoms with van der Waals surface area (Å²) in [6.07, 6.45) is 0. The van der Waals surface area contributed by atoms with E-state index in [9.17, 15) is 4.79 Å². The first kappa shape index (κ1) is 17.2. The van der Waals surface area contributed by atoms with Gasteiger partial charge in [0.15, 0.2) is 0 Å². The highest BCUT2D eigenvalue weighted by Gasteiger charge is 2.14. The number of nitrogens with two attached hydrogens (primary N) is 1. The van der Waals surface area contributed by atoms with Crippen LogP contribution >= 0.6 is 0 Å². The zero-order valence-corrected chi connectivity index (χ0v) is 15.2. The van der Waals surface area contributed by atoms with E-state index in [0.717, 1.165) is 22.3 Å². The zero-order valence-electron chi connectivity index (χ0n) is 15.2. The number of para-hydroxylation sites is 1. The number of rotatable bonds is 4. The van der Waals surface area contributed by atoms with Crippen LogP contribution < -0.4 is 11.3 Å². The Kier molecular flexibility index (Phi) is 4.57. The van der Waals surface area contributed by atoms with Gasteiger partial charge in [0, 0.05) is 12.1 Å². The van der Waals surface area contributed by atoms with Crippen molar-refractivity contribution >= 4 is 10.9 Å². The molecule has 4 rings (SSSR count). The van der Waals surface area contributed by atoms with E-state index in [4.69, 9.17) is 10.7 Å². The van der Waals surface area contributed by atoms with E-state index in [0.29, 0.717) is 29.8 Å². The maximum absolute atomic E-state index is 13.3. The summed E-state index contributed by atoms with van der Waals surface area (Å²) in [5.74, 6) is 0.690. The van der Waals surface area contributed by atoms with Gasteiger partial charge < -0.3 is 5.73 Å². The Bertz CT molecular complexity index is 1180. The number of aromatic nitrogens is 2. The minimum atomic E-state index is -0.0306. The van der Waals surface area contributed by atoms with Crippen LogP contribution in [0.15, 0.2) is 77.6 Å². The standard InChI is InChI=1S/C23H21N3O/c1-16-7-2-3-10-19(16)22-25-21-12-5-4-11-20(21)23(27)26(22)15-18-9-6-8-17(13-18)14-24/h2-13H,14-15,24H2,1H3. The molecule has 3 aromatic carbocycles. The van der Waals surface area contributed by atoms with Gasteiger partial charge in [-0.3, -0.25) is 9.36 Å². The fourth-order valence-corrected chi connectivity index (χ4v) is 3.38. The smallest absolute Gasteiger partial charge is 0.261 e. The first-order valence-electron chi connectivity index (χ1n) is 9.01. The minimum Gasteiger partial charge on any atom is -0.326 e. The molecule has 0 saturated heterocycles. The van der Waals surface area contributed by atoms with Gasteiger partial charge in [0.1, 0.15) is 5.82 Å². The van der Waals surface area contributed by atoms with Gasteiger partial charge in [-0.05, 0) is 35.7 Å². The van der Waals surface area contributed by atoms with Crippen LogP contribution in [0.25, 0.3) is 22.3 Å². The average molecular weight is 355 g/mol. The summed E-state index contributed by atoms with van der Waals surface area (Å²) in [7, 11) is 0. The Balaban J connectivity index is 1.97. The van der Waals surface area contributed by atoms with Crippen molar-refractivity contribution < 1.29 is 0 Å². The fourth-order valence-electron chi connectivity index (χ4n) is 3.38. The third-order valence-electron chi connectivity index (χ3n) is 4.82. The third kappa shape index (κ3) is 3.27. The first-order valence-corrected chi connectivity index (χ1v) is 9.01. The van der Waals surface area contributed by atoms with Crippen molar-refractivity contribution in [2.75, 3.05) is 0 Å². The van der Waals surface area contributed by atoms with Crippen LogP contribution in [-0.2, 0) is 13.1 Å². The molecular weight excluding hydrogens is 334 g/mol. The summed E-state index contributed by atoms with van der Waals surface area (Å²) in [6, 6.07) is 23.6. The van der Waals surface area contributed by atoms with E-state index in [1.165, 1.54) is 0 Å². The molecule has 0 bridgehead atoms. The summed E-state index contributed by atoms with van der Waals surface area (Å²) >= 11 is 0.